The molecule has 0 aliphatic carbocycles. The van der Waals surface area contributed by atoms with E-state index in [0.717, 1.165) is 11.3 Å². The molecule has 2 rings (SSSR count). The summed E-state index contributed by atoms with van der Waals surface area (Å²) in [5.74, 6) is 0.311. The van der Waals surface area contributed by atoms with Crippen LogP contribution in [-0.4, -0.2) is 44.3 Å². The Labute approximate surface area is 136 Å². The van der Waals surface area contributed by atoms with Crippen LogP contribution in [0.25, 0.3) is 0 Å². The van der Waals surface area contributed by atoms with Crippen LogP contribution in [0, 0.1) is 0 Å². The van der Waals surface area contributed by atoms with E-state index in [9.17, 15) is 9.59 Å². The van der Waals surface area contributed by atoms with Crippen LogP contribution >= 0.6 is 0 Å². The van der Waals surface area contributed by atoms with E-state index in [1.807, 2.05) is 24.3 Å². The van der Waals surface area contributed by atoms with Crippen molar-refractivity contribution in [2.75, 3.05) is 20.3 Å². The van der Waals surface area contributed by atoms with Gasteiger partial charge < -0.3 is 19.5 Å². The Bertz CT molecular complexity index is 528. The maximum atomic E-state index is 11.5. The van der Waals surface area contributed by atoms with Crippen molar-refractivity contribution >= 4 is 11.9 Å². The van der Waals surface area contributed by atoms with Crippen molar-refractivity contribution in [2.24, 2.45) is 0 Å². The number of methoxy groups -OCH3 is 1. The fourth-order valence-electron chi connectivity index (χ4n) is 2.52. The third kappa shape index (κ3) is 5.25. The number of hydrogen-bond donors (Lipinski definition) is 1. The number of esters is 2. The summed E-state index contributed by atoms with van der Waals surface area (Å²) >= 11 is 0. The number of benzene rings is 1. The first-order valence-corrected chi connectivity index (χ1v) is 7.84. The average molecular weight is 321 g/mol. The number of aryl methyl sites for hydroxylation is 1. The van der Waals surface area contributed by atoms with Crippen LogP contribution in [0.4, 0.5) is 0 Å². The molecule has 6 heteroatoms. The summed E-state index contributed by atoms with van der Waals surface area (Å²) in [5.41, 5.74) is 1.06. The standard InChI is InChI=1S/C17H23NO5/c1-3-22-16(19)9-6-12-4-7-13(8-5-12)23-14-10-15(18-11-14)17(20)21-2/h4-5,7-8,14-15,18H,3,6,9-11H2,1-2H3/t14-,15-/m0/s1. The van der Waals surface area contributed by atoms with E-state index >= 15 is 0 Å². The molecule has 1 heterocycles. The Morgan fingerprint density at radius 3 is 2.65 bits per heavy atom. The molecule has 6 nitrogen and oxygen atoms in total. The zero-order valence-corrected chi connectivity index (χ0v) is 13.5. The van der Waals surface area contributed by atoms with Gasteiger partial charge in [0.05, 0.1) is 13.7 Å². The molecule has 2 atom stereocenters. The van der Waals surface area contributed by atoms with E-state index in [-0.39, 0.29) is 24.1 Å². The minimum Gasteiger partial charge on any atom is -0.489 e. The highest BCUT2D eigenvalue weighted by Crippen LogP contribution is 2.19. The largest absolute Gasteiger partial charge is 0.489 e. The number of ether oxygens (including phenoxy) is 3. The number of nitrogens with one attached hydrogen (secondary N) is 1. The third-order valence-electron chi connectivity index (χ3n) is 3.73. The second kappa shape index (κ2) is 8.53. The second-order valence-corrected chi connectivity index (χ2v) is 5.41. The van der Waals surface area contributed by atoms with Crippen molar-refractivity contribution in [3.63, 3.8) is 0 Å². The molecule has 23 heavy (non-hydrogen) atoms. The zero-order valence-electron chi connectivity index (χ0n) is 13.5. The van der Waals surface area contributed by atoms with Crippen LogP contribution in [0.1, 0.15) is 25.3 Å². The van der Waals surface area contributed by atoms with Crippen molar-refractivity contribution in [1.82, 2.24) is 5.32 Å². The molecule has 1 aromatic carbocycles. The molecule has 0 bridgehead atoms. The van der Waals surface area contributed by atoms with Crippen LogP contribution in [0.3, 0.4) is 0 Å². The smallest absolute Gasteiger partial charge is 0.323 e. The fourth-order valence-corrected chi connectivity index (χ4v) is 2.52. The first-order valence-electron chi connectivity index (χ1n) is 7.84. The van der Waals surface area contributed by atoms with E-state index in [1.54, 1.807) is 6.92 Å². The third-order valence-corrected chi connectivity index (χ3v) is 3.73. The van der Waals surface area contributed by atoms with E-state index in [2.05, 4.69) is 5.32 Å². The van der Waals surface area contributed by atoms with Gasteiger partial charge in [0.2, 0.25) is 0 Å². The van der Waals surface area contributed by atoms with Gasteiger partial charge in [0.15, 0.2) is 0 Å². The van der Waals surface area contributed by atoms with Gasteiger partial charge in [0, 0.05) is 19.4 Å². The van der Waals surface area contributed by atoms with Gasteiger partial charge in [-0.3, -0.25) is 9.59 Å². The van der Waals surface area contributed by atoms with Crippen LogP contribution in [0.5, 0.6) is 5.75 Å². The Hall–Kier alpha value is -2.08. The van der Waals surface area contributed by atoms with Crippen molar-refractivity contribution in [2.45, 2.75) is 38.3 Å². The van der Waals surface area contributed by atoms with E-state index in [1.165, 1.54) is 7.11 Å². The molecule has 0 spiro atoms. The molecule has 1 fully saturated rings. The molecule has 1 aliphatic heterocycles. The number of carbonyl (C=O) groups excluding carboxylic acids is 2. The molecule has 0 radical (unpaired) electrons. The van der Waals surface area contributed by atoms with Gasteiger partial charge in [-0.05, 0) is 31.0 Å². The van der Waals surface area contributed by atoms with Gasteiger partial charge in [0.1, 0.15) is 17.9 Å². The first-order chi connectivity index (χ1) is 11.1. The second-order valence-electron chi connectivity index (χ2n) is 5.41. The summed E-state index contributed by atoms with van der Waals surface area (Å²) in [7, 11) is 1.38. The average Bonchev–Trinajstić information content (AvgIpc) is 3.02. The summed E-state index contributed by atoms with van der Waals surface area (Å²) in [4.78, 5) is 22.8. The van der Waals surface area contributed by atoms with E-state index in [0.29, 0.717) is 32.4 Å². The van der Waals surface area contributed by atoms with Gasteiger partial charge in [-0.15, -0.1) is 0 Å². The molecule has 0 aromatic heterocycles. The van der Waals surface area contributed by atoms with Crippen molar-refractivity contribution in [3.8, 4) is 5.75 Å². The van der Waals surface area contributed by atoms with Crippen molar-refractivity contribution in [3.05, 3.63) is 29.8 Å². The topological polar surface area (TPSA) is 73.9 Å². The Balaban J connectivity index is 1.79. The maximum Gasteiger partial charge on any atom is 0.323 e. The summed E-state index contributed by atoms with van der Waals surface area (Å²) < 4.78 is 15.5. The molecule has 1 N–H and O–H groups in total. The SMILES string of the molecule is CCOC(=O)CCc1ccc(O[C@@H]2CN[C@H](C(=O)OC)C2)cc1. The van der Waals surface area contributed by atoms with Gasteiger partial charge in [-0.2, -0.15) is 0 Å². The Morgan fingerprint density at radius 2 is 2.00 bits per heavy atom. The number of hydrogen-bond acceptors (Lipinski definition) is 6. The van der Waals surface area contributed by atoms with Crippen LogP contribution in [0.15, 0.2) is 24.3 Å². The van der Waals surface area contributed by atoms with Gasteiger partial charge in [-0.1, -0.05) is 12.1 Å². The van der Waals surface area contributed by atoms with Gasteiger partial charge in [0.25, 0.3) is 0 Å². The minimum atomic E-state index is -0.297. The Morgan fingerprint density at radius 1 is 1.26 bits per heavy atom. The summed E-state index contributed by atoms with van der Waals surface area (Å²) in [5, 5.41) is 3.08. The van der Waals surface area contributed by atoms with E-state index in [4.69, 9.17) is 14.2 Å². The molecule has 126 valence electrons. The molecular weight excluding hydrogens is 298 g/mol. The number of rotatable bonds is 7. The lowest BCUT2D eigenvalue weighted by atomic mass is 10.1. The normalized spacial score (nSPS) is 20.1. The lowest BCUT2D eigenvalue weighted by Crippen LogP contribution is -2.31. The monoisotopic (exact) mass is 321 g/mol. The highest BCUT2D eigenvalue weighted by molar-refractivity contribution is 5.76. The summed E-state index contributed by atoms with van der Waals surface area (Å²) in [6.07, 6.45) is 1.57. The lowest BCUT2D eigenvalue weighted by Gasteiger charge is -2.13. The molecule has 0 saturated carbocycles. The molecule has 0 unspecified atom stereocenters. The quantitative estimate of drug-likeness (QED) is 0.767. The molecular formula is C17H23NO5. The van der Waals surface area contributed by atoms with Crippen LogP contribution in [-0.2, 0) is 25.5 Å². The van der Waals surface area contributed by atoms with Crippen molar-refractivity contribution < 1.29 is 23.8 Å². The molecule has 1 aliphatic rings. The predicted octanol–water partition coefficient (Wildman–Crippen LogP) is 1.46. The predicted molar refractivity (Wildman–Crippen MR) is 84.2 cm³/mol. The Kier molecular flexibility index (Phi) is 6.40. The first kappa shape index (κ1) is 17.3. The van der Waals surface area contributed by atoms with Crippen LogP contribution < -0.4 is 10.1 Å². The van der Waals surface area contributed by atoms with Crippen molar-refractivity contribution in [1.29, 1.82) is 0 Å². The minimum absolute atomic E-state index is 0.0514. The maximum absolute atomic E-state index is 11.5. The van der Waals surface area contributed by atoms with Gasteiger partial charge >= 0.3 is 11.9 Å². The fraction of sp³-hybridized carbons (Fsp3) is 0.529. The summed E-state index contributed by atoms with van der Waals surface area (Å²) in [6.45, 7) is 2.82. The van der Waals surface area contributed by atoms with Gasteiger partial charge in [-0.25, -0.2) is 0 Å². The molecule has 1 saturated heterocycles. The molecule has 1 aromatic rings. The zero-order chi connectivity index (χ0) is 16.7. The summed E-state index contributed by atoms with van der Waals surface area (Å²) in [6, 6.07) is 7.34. The van der Waals surface area contributed by atoms with Crippen LogP contribution in [0.2, 0.25) is 0 Å². The highest BCUT2D eigenvalue weighted by Gasteiger charge is 2.31. The highest BCUT2D eigenvalue weighted by atomic mass is 16.5. The lowest BCUT2D eigenvalue weighted by molar-refractivity contribution is -0.143. The molecule has 0 amide bonds. The van der Waals surface area contributed by atoms with E-state index < -0.39 is 0 Å². The number of carbonyl (C=O) groups is 2.